The predicted octanol–water partition coefficient (Wildman–Crippen LogP) is 5.33. The third-order valence-corrected chi connectivity index (χ3v) is 5.85. The molecule has 1 aliphatic carbocycles. The van der Waals surface area contributed by atoms with E-state index in [1.165, 1.54) is 0 Å². The van der Waals surface area contributed by atoms with Crippen LogP contribution in [0.3, 0.4) is 0 Å². The molecule has 1 aromatic carbocycles. The van der Waals surface area contributed by atoms with Crippen molar-refractivity contribution in [3.8, 4) is 28.8 Å². The van der Waals surface area contributed by atoms with E-state index in [9.17, 15) is 48.7 Å². The Hall–Kier alpha value is -4.30. The first-order chi connectivity index (χ1) is 18.4. The van der Waals surface area contributed by atoms with Gasteiger partial charge in [-0.3, -0.25) is 4.79 Å². The summed E-state index contributed by atoms with van der Waals surface area (Å²) in [7, 11) is 0.842. The smallest absolute Gasteiger partial charge is 0.428 e. The molecule has 3 aromatic rings. The number of rotatable bonds is 7. The van der Waals surface area contributed by atoms with E-state index < -0.39 is 64.7 Å². The third-order valence-electron chi connectivity index (χ3n) is 5.85. The van der Waals surface area contributed by atoms with Gasteiger partial charge in [-0.1, -0.05) is 6.07 Å². The molecule has 0 unspecified atom stereocenters. The van der Waals surface area contributed by atoms with E-state index in [4.69, 9.17) is 5.26 Å². The highest BCUT2D eigenvalue weighted by atomic mass is 19.4. The molecule has 2 aromatic heterocycles. The summed E-state index contributed by atoms with van der Waals surface area (Å²) in [5, 5.41) is 18.1. The number of alkyl halides is 10. The molecule has 0 atom stereocenters. The number of aryl methyl sites for hydroxylation is 1. The van der Waals surface area contributed by atoms with Gasteiger partial charge in [-0.15, -0.1) is 0 Å². The van der Waals surface area contributed by atoms with E-state index in [0.29, 0.717) is 15.4 Å². The van der Waals surface area contributed by atoms with E-state index in [2.05, 4.69) is 20.3 Å². The molecule has 40 heavy (non-hydrogen) atoms. The number of carbonyl (C=O) groups is 1. The molecule has 0 saturated heterocycles. The normalized spacial score (nSPS) is 15.2. The number of carbonyl (C=O) groups excluding carboxylic acids is 1. The van der Waals surface area contributed by atoms with Crippen LogP contribution in [-0.2, 0) is 19.1 Å². The first kappa shape index (κ1) is 28.7. The van der Waals surface area contributed by atoms with Gasteiger partial charge < -0.3 is 10.1 Å². The maximum atomic E-state index is 14.0. The van der Waals surface area contributed by atoms with Gasteiger partial charge in [0.15, 0.2) is 17.3 Å². The summed E-state index contributed by atoms with van der Waals surface area (Å²) in [6.07, 6.45) is -8.93. The minimum absolute atomic E-state index is 0.0995. The van der Waals surface area contributed by atoms with Crippen LogP contribution >= 0.6 is 0 Å². The second-order valence-electron chi connectivity index (χ2n) is 8.66. The van der Waals surface area contributed by atoms with Gasteiger partial charge in [0.25, 0.3) is 5.91 Å². The Morgan fingerprint density at radius 2 is 1.77 bits per heavy atom. The Morgan fingerprint density at radius 1 is 1.12 bits per heavy atom. The van der Waals surface area contributed by atoms with Crippen LogP contribution in [-0.4, -0.2) is 43.8 Å². The zero-order chi connectivity index (χ0) is 29.8. The Morgan fingerprint density at radius 3 is 2.30 bits per heavy atom. The Labute approximate surface area is 216 Å². The van der Waals surface area contributed by atoms with E-state index in [0.717, 1.165) is 31.6 Å². The fourth-order valence-electron chi connectivity index (χ4n) is 3.71. The Balaban J connectivity index is 1.79. The van der Waals surface area contributed by atoms with Crippen LogP contribution in [0.4, 0.5) is 43.9 Å². The predicted molar refractivity (Wildman–Crippen MR) is 112 cm³/mol. The van der Waals surface area contributed by atoms with E-state index in [1.54, 1.807) is 6.07 Å². The molecule has 0 spiro atoms. The molecule has 1 N–H and O–H groups in total. The number of aromatic nitrogens is 4. The number of hydrogen-bond acceptors (Lipinski definition) is 5. The number of amides is 1. The average molecular weight is 584 g/mol. The van der Waals surface area contributed by atoms with Crippen molar-refractivity contribution in [2.24, 2.45) is 7.05 Å². The fourth-order valence-corrected chi connectivity index (χ4v) is 3.71. The summed E-state index contributed by atoms with van der Waals surface area (Å²) < 4.78 is 139. The summed E-state index contributed by atoms with van der Waals surface area (Å²) in [6.45, 7) is -3.85. The number of nitriles is 1. The summed E-state index contributed by atoms with van der Waals surface area (Å²) in [6, 6.07) is 4.08. The second-order valence-corrected chi connectivity index (χ2v) is 8.66. The van der Waals surface area contributed by atoms with Gasteiger partial charge in [0.2, 0.25) is 0 Å². The van der Waals surface area contributed by atoms with Crippen molar-refractivity contribution < 1.29 is 53.4 Å². The fraction of sp³-hybridized carbons (Fsp3) is 0.364. The molecule has 18 heteroatoms. The lowest BCUT2D eigenvalue weighted by molar-refractivity contribution is -0.291. The number of halogens is 10. The van der Waals surface area contributed by atoms with Crippen LogP contribution in [0, 0.1) is 11.3 Å². The van der Waals surface area contributed by atoms with Gasteiger partial charge in [0.05, 0.1) is 23.4 Å². The number of benzene rings is 1. The second kappa shape index (κ2) is 9.41. The highest BCUT2D eigenvalue weighted by Crippen LogP contribution is 2.48. The number of nitrogens with one attached hydrogen (secondary N) is 1. The number of nitrogens with zero attached hydrogens (tertiary/aromatic N) is 5. The van der Waals surface area contributed by atoms with Gasteiger partial charge in [-0.25, -0.2) is 9.36 Å². The van der Waals surface area contributed by atoms with Gasteiger partial charge in [-0.2, -0.15) is 59.4 Å². The SMILES string of the molecule is Cn1nc(C(F)(F)C(F)(F)F)c(OC(F)F)c1-n1cc(-c2ccc(C(F)(F)F)c(C(=O)NC3(C#N)CC3)c2)cn1. The molecule has 1 saturated carbocycles. The lowest BCUT2D eigenvalue weighted by Crippen LogP contribution is -2.36. The van der Waals surface area contributed by atoms with Crippen molar-refractivity contribution >= 4 is 5.91 Å². The molecule has 0 aliphatic heterocycles. The molecular weight excluding hydrogens is 570 g/mol. The van der Waals surface area contributed by atoms with Gasteiger partial charge in [-0.05, 0) is 30.5 Å². The van der Waals surface area contributed by atoms with Crippen molar-refractivity contribution in [3.05, 3.63) is 47.4 Å². The van der Waals surface area contributed by atoms with Gasteiger partial charge >= 0.3 is 24.9 Å². The molecule has 1 amide bonds. The standard InChI is InChI=1S/C22H14F10N6O2/c1-37-17(14(40-18(23)24)15(36-37)20(25,26)22(30,31)32)38-8-11(7-34-38)10-2-3-13(21(27,28)29)12(6-10)16(39)35-19(9-33)4-5-19/h2-3,6-8,18H,4-5H2,1H3,(H,35,39). The highest BCUT2D eigenvalue weighted by molar-refractivity contribution is 5.98. The van der Waals surface area contributed by atoms with Crippen LogP contribution in [0.1, 0.15) is 34.5 Å². The molecule has 0 radical (unpaired) electrons. The van der Waals surface area contributed by atoms with Gasteiger partial charge in [0.1, 0.15) is 5.54 Å². The molecule has 4 rings (SSSR count). The molecule has 1 aliphatic rings. The van der Waals surface area contributed by atoms with Crippen LogP contribution in [0.5, 0.6) is 5.75 Å². The molecule has 2 heterocycles. The third kappa shape index (κ3) is 5.14. The molecule has 0 bridgehead atoms. The van der Waals surface area contributed by atoms with Crippen LogP contribution < -0.4 is 10.1 Å². The summed E-state index contributed by atoms with van der Waals surface area (Å²) in [4.78, 5) is 12.7. The summed E-state index contributed by atoms with van der Waals surface area (Å²) in [5.41, 5.74) is -5.89. The summed E-state index contributed by atoms with van der Waals surface area (Å²) >= 11 is 0. The molecule has 8 nitrogen and oxygen atoms in total. The van der Waals surface area contributed by atoms with Crippen molar-refractivity contribution in [3.63, 3.8) is 0 Å². The lowest BCUT2D eigenvalue weighted by Gasteiger charge is -2.18. The molecule has 214 valence electrons. The largest absolute Gasteiger partial charge is 0.459 e. The zero-order valence-corrected chi connectivity index (χ0v) is 19.7. The average Bonchev–Trinajstić information content (AvgIpc) is 3.30. The molecule has 1 fully saturated rings. The van der Waals surface area contributed by atoms with Crippen LogP contribution in [0.2, 0.25) is 0 Å². The monoisotopic (exact) mass is 584 g/mol. The Bertz CT molecular complexity index is 1490. The van der Waals surface area contributed by atoms with E-state index >= 15 is 0 Å². The zero-order valence-electron chi connectivity index (χ0n) is 19.7. The lowest BCUT2D eigenvalue weighted by atomic mass is 9.99. The minimum atomic E-state index is -6.23. The van der Waals surface area contributed by atoms with Crippen LogP contribution in [0.25, 0.3) is 16.9 Å². The topological polar surface area (TPSA) is 97.8 Å². The number of ether oxygens (including phenoxy) is 1. The van der Waals surface area contributed by atoms with E-state index in [-0.39, 0.29) is 24.0 Å². The number of hydrogen-bond donors (Lipinski definition) is 1. The van der Waals surface area contributed by atoms with Crippen molar-refractivity contribution in [1.82, 2.24) is 24.9 Å². The van der Waals surface area contributed by atoms with Crippen molar-refractivity contribution in [2.75, 3.05) is 0 Å². The van der Waals surface area contributed by atoms with Crippen LogP contribution in [0.15, 0.2) is 30.6 Å². The maximum absolute atomic E-state index is 14.0. The Kier molecular flexibility index (Phi) is 6.76. The molecular formula is C22H14F10N6O2. The first-order valence-corrected chi connectivity index (χ1v) is 10.9. The van der Waals surface area contributed by atoms with Crippen molar-refractivity contribution in [1.29, 1.82) is 5.26 Å². The quantitative estimate of drug-likeness (QED) is 0.379. The highest BCUT2D eigenvalue weighted by Gasteiger charge is 2.62. The van der Waals surface area contributed by atoms with Crippen molar-refractivity contribution in [2.45, 2.75) is 43.3 Å². The summed E-state index contributed by atoms with van der Waals surface area (Å²) in [5.74, 6) is -9.45. The minimum Gasteiger partial charge on any atom is -0.428 e. The van der Waals surface area contributed by atoms with E-state index in [1.807, 2.05) is 0 Å². The first-order valence-electron chi connectivity index (χ1n) is 10.9. The maximum Gasteiger partial charge on any atom is 0.459 e. The van der Waals surface area contributed by atoms with Gasteiger partial charge in [0, 0.05) is 18.8 Å².